The number of nitrogens with one attached hydrogen (secondary N) is 1. The minimum absolute atomic E-state index is 0.268. The summed E-state index contributed by atoms with van der Waals surface area (Å²) in [5.41, 5.74) is 0. The zero-order valence-electron chi connectivity index (χ0n) is 12.0. The number of carbonyl (C=O) groups is 1. The van der Waals surface area contributed by atoms with Crippen LogP contribution in [0.25, 0.3) is 0 Å². The third kappa shape index (κ3) is 2.72. The van der Waals surface area contributed by atoms with Gasteiger partial charge in [0.25, 0.3) is 0 Å². The number of nitrogens with zero attached hydrogens (tertiary/aromatic N) is 3. The highest BCUT2D eigenvalue weighted by atomic mass is 16.2. The first-order chi connectivity index (χ1) is 9.25. The summed E-state index contributed by atoms with van der Waals surface area (Å²) in [5.74, 6) is 0. The van der Waals surface area contributed by atoms with Crippen molar-refractivity contribution in [1.29, 1.82) is 0 Å². The van der Waals surface area contributed by atoms with E-state index in [1.54, 1.807) is 0 Å². The van der Waals surface area contributed by atoms with E-state index in [1.807, 2.05) is 0 Å². The maximum absolute atomic E-state index is 12.3. The van der Waals surface area contributed by atoms with Crippen LogP contribution in [0.1, 0.15) is 25.7 Å². The summed E-state index contributed by atoms with van der Waals surface area (Å²) >= 11 is 0. The van der Waals surface area contributed by atoms with E-state index >= 15 is 0 Å². The summed E-state index contributed by atoms with van der Waals surface area (Å²) in [7, 11) is 2.23. The lowest BCUT2D eigenvalue weighted by Crippen LogP contribution is -2.49. The number of carbonyl (C=O) groups excluding carboxylic acids is 1. The molecule has 0 aromatic rings. The largest absolute Gasteiger partial charge is 0.322 e. The van der Waals surface area contributed by atoms with Gasteiger partial charge in [-0.3, -0.25) is 0 Å². The van der Waals surface area contributed by atoms with Gasteiger partial charge in [0.2, 0.25) is 0 Å². The lowest BCUT2D eigenvalue weighted by atomic mass is 10.00. The van der Waals surface area contributed by atoms with Crippen LogP contribution in [-0.4, -0.2) is 79.1 Å². The van der Waals surface area contributed by atoms with Crippen molar-refractivity contribution in [3.05, 3.63) is 0 Å². The zero-order valence-corrected chi connectivity index (χ0v) is 12.0. The van der Waals surface area contributed by atoms with Gasteiger partial charge in [-0.05, 0) is 32.9 Å². The van der Waals surface area contributed by atoms with Crippen LogP contribution in [-0.2, 0) is 0 Å². The Bertz CT molecular complexity index is 335. The third-order valence-electron chi connectivity index (χ3n) is 4.95. The van der Waals surface area contributed by atoms with Gasteiger partial charge >= 0.3 is 6.03 Å². The maximum atomic E-state index is 12.3. The molecule has 0 bridgehead atoms. The molecule has 3 fully saturated rings. The Labute approximate surface area is 115 Å². The Morgan fingerprint density at radius 1 is 1.32 bits per heavy atom. The normalized spacial score (nSPS) is 32.8. The number of urea groups is 1. The SMILES string of the molecule is CN1CCCCC1CCN1CC2CNCCN2C1=O. The Hall–Kier alpha value is -0.810. The molecule has 0 saturated carbocycles. The van der Waals surface area contributed by atoms with Crippen LogP contribution >= 0.6 is 0 Å². The summed E-state index contributed by atoms with van der Waals surface area (Å²) in [6.45, 7) is 5.86. The number of piperazine rings is 1. The molecule has 3 saturated heterocycles. The van der Waals surface area contributed by atoms with Crippen molar-refractivity contribution in [2.45, 2.75) is 37.8 Å². The molecule has 2 amide bonds. The number of likely N-dealkylation sites (tertiary alicyclic amines) is 1. The molecule has 3 aliphatic heterocycles. The Morgan fingerprint density at radius 2 is 2.21 bits per heavy atom. The van der Waals surface area contributed by atoms with Crippen LogP contribution in [0.4, 0.5) is 4.79 Å². The molecule has 0 aromatic heterocycles. The Morgan fingerprint density at radius 3 is 3.00 bits per heavy atom. The van der Waals surface area contributed by atoms with Crippen LogP contribution in [0, 0.1) is 0 Å². The highest BCUT2D eigenvalue weighted by Crippen LogP contribution is 2.21. The molecular formula is C14H26N4O. The summed E-state index contributed by atoms with van der Waals surface area (Å²) in [4.78, 5) is 18.9. The van der Waals surface area contributed by atoms with E-state index in [-0.39, 0.29) is 6.03 Å². The smallest absolute Gasteiger partial charge is 0.320 e. The van der Waals surface area contributed by atoms with Gasteiger partial charge in [0, 0.05) is 38.8 Å². The summed E-state index contributed by atoms with van der Waals surface area (Å²) in [5, 5.41) is 3.38. The summed E-state index contributed by atoms with van der Waals surface area (Å²) in [6.07, 6.45) is 5.11. The van der Waals surface area contributed by atoms with Gasteiger partial charge in [0.15, 0.2) is 0 Å². The number of hydrogen-bond donors (Lipinski definition) is 1. The van der Waals surface area contributed by atoms with Crippen molar-refractivity contribution in [3.63, 3.8) is 0 Å². The third-order valence-corrected chi connectivity index (χ3v) is 4.95. The Kier molecular flexibility index (Phi) is 3.93. The van der Waals surface area contributed by atoms with Crippen LogP contribution in [0.2, 0.25) is 0 Å². The van der Waals surface area contributed by atoms with Gasteiger partial charge in [-0.25, -0.2) is 4.79 Å². The molecule has 19 heavy (non-hydrogen) atoms. The van der Waals surface area contributed by atoms with Gasteiger partial charge in [-0.1, -0.05) is 6.42 Å². The fourth-order valence-corrected chi connectivity index (χ4v) is 3.69. The molecule has 1 N–H and O–H groups in total. The average Bonchev–Trinajstić information content (AvgIpc) is 2.75. The van der Waals surface area contributed by atoms with Crippen molar-refractivity contribution in [2.75, 3.05) is 46.3 Å². The highest BCUT2D eigenvalue weighted by Gasteiger charge is 2.38. The van der Waals surface area contributed by atoms with E-state index in [4.69, 9.17) is 0 Å². The number of fused-ring (bicyclic) bond motifs is 1. The molecule has 0 aromatic carbocycles. The molecule has 0 spiro atoms. The highest BCUT2D eigenvalue weighted by molar-refractivity contribution is 5.77. The minimum Gasteiger partial charge on any atom is -0.322 e. The van der Waals surface area contributed by atoms with Crippen LogP contribution in [0.15, 0.2) is 0 Å². The van der Waals surface area contributed by atoms with Crippen LogP contribution in [0.3, 0.4) is 0 Å². The van der Waals surface area contributed by atoms with Gasteiger partial charge in [0.1, 0.15) is 0 Å². The van der Waals surface area contributed by atoms with E-state index in [2.05, 4.69) is 27.1 Å². The van der Waals surface area contributed by atoms with Crippen molar-refractivity contribution >= 4 is 6.03 Å². The predicted octanol–water partition coefficient (Wildman–Crippen LogP) is 0.570. The number of hydrogen-bond acceptors (Lipinski definition) is 3. The maximum Gasteiger partial charge on any atom is 0.320 e. The monoisotopic (exact) mass is 266 g/mol. The van der Waals surface area contributed by atoms with Crippen LogP contribution in [0.5, 0.6) is 0 Å². The molecule has 5 nitrogen and oxygen atoms in total. The van der Waals surface area contributed by atoms with Crippen molar-refractivity contribution < 1.29 is 4.79 Å². The quantitative estimate of drug-likeness (QED) is 0.812. The number of rotatable bonds is 3. The average molecular weight is 266 g/mol. The van der Waals surface area contributed by atoms with Gasteiger partial charge in [-0.15, -0.1) is 0 Å². The molecule has 0 aliphatic carbocycles. The number of piperidine rings is 1. The van der Waals surface area contributed by atoms with E-state index in [1.165, 1.54) is 25.8 Å². The molecule has 5 heteroatoms. The van der Waals surface area contributed by atoms with Gasteiger partial charge in [0.05, 0.1) is 6.04 Å². The molecule has 3 heterocycles. The molecule has 2 unspecified atom stereocenters. The summed E-state index contributed by atoms with van der Waals surface area (Å²) < 4.78 is 0. The molecule has 3 aliphatic rings. The zero-order chi connectivity index (χ0) is 13.2. The lowest BCUT2D eigenvalue weighted by Gasteiger charge is -2.33. The fourth-order valence-electron chi connectivity index (χ4n) is 3.69. The summed E-state index contributed by atoms with van der Waals surface area (Å²) in [6, 6.07) is 1.35. The first-order valence-corrected chi connectivity index (χ1v) is 7.72. The molecule has 0 radical (unpaired) electrons. The minimum atomic E-state index is 0.268. The van der Waals surface area contributed by atoms with E-state index in [9.17, 15) is 4.79 Å². The molecule has 3 rings (SSSR count). The predicted molar refractivity (Wildman–Crippen MR) is 75.2 cm³/mol. The van der Waals surface area contributed by atoms with E-state index in [0.717, 1.165) is 39.1 Å². The van der Waals surface area contributed by atoms with E-state index < -0.39 is 0 Å². The van der Waals surface area contributed by atoms with Crippen molar-refractivity contribution in [2.24, 2.45) is 0 Å². The van der Waals surface area contributed by atoms with Crippen molar-refractivity contribution in [3.8, 4) is 0 Å². The second-order valence-corrected chi connectivity index (χ2v) is 6.20. The lowest BCUT2D eigenvalue weighted by molar-refractivity contribution is 0.156. The first-order valence-electron chi connectivity index (χ1n) is 7.72. The molecule has 2 atom stereocenters. The first kappa shape index (κ1) is 13.2. The van der Waals surface area contributed by atoms with E-state index in [0.29, 0.717) is 12.1 Å². The Balaban J connectivity index is 1.51. The van der Waals surface area contributed by atoms with Crippen LogP contribution < -0.4 is 5.32 Å². The molecular weight excluding hydrogens is 240 g/mol. The van der Waals surface area contributed by atoms with Gasteiger partial charge < -0.3 is 20.0 Å². The fraction of sp³-hybridized carbons (Fsp3) is 0.929. The second-order valence-electron chi connectivity index (χ2n) is 6.20. The molecule has 108 valence electrons. The standard InChI is InChI=1S/C14H26N4O/c1-16-7-3-2-4-12(16)5-8-17-11-13-10-15-6-9-18(13)14(17)19/h12-13,15H,2-11H2,1H3. The van der Waals surface area contributed by atoms with Gasteiger partial charge in [-0.2, -0.15) is 0 Å². The second kappa shape index (κ2) is 5.67. The van der Waals surface area contributed by atoms with Crippen molar-refractivity contribution in [1.82, 2.24) is 20.0 Å². The number of amides is 2. The topological polar surface area (TPSA) is 38.8 Å².